The Morgan fingerprint density at radius 3 is 2.43 bits per heavy atom. The second-order valence-corrected chi connectivity index (χ2v) is 8.91. The van der Waals surface area contributed by atoms with E-state index in [4.69, 9.17) is 9.26 Å². The molecule has 0 atom stereocenters. The summed E-state index contributed by atoms with van der Waals surface area (Å²) in [5, 5.41) is 12.1. The van der Waals surface area contributed by atoms with Crippen LogP contribution in [0.15, 0.2) is 83.5 Å². The van der Waals surface area contributed by atoms with Gasteiger partial charge in [-0.2, -0.15) is 0 Å². The number of urea groups is 2. The lowest BCUT2D eigenvalue weighted by Gasteiger charge is -2.19. The van der Waals surface area contributed by atoms with Crippen molar-refractivity contribution >= 4 is 29.3 Å². The van der Waals surface area contributed by atoms with Gasteiger partial charge in [0.05, 0.1) is 0 Å². The highest BCUT2D eigenvalue weighted by atomic mass is 16.5. The minimum atomic E-state index is -0.435. The Bertz CT molecular complexity index is 1260. The lowest BCUT2D eigenvalue weighted by molar-refractivity contribution is 0.231. The predicted octanol–water partition coefficient (Wildman–Crippen LogP) is 6.33. The zero-order chi connectivity index (χ0) is 24.8. The number of allylic oxidation sites excluding steroid dienone is 2. The fourth-order valence-electron chi connectivity index (χ4n) is 3.16. The molecule has 0 saturated carbocycles. The topological polar surface area (TPSA) is 109 Å². The van der Waals surface area contributed by atoms with Crippen LogP contribution in [0.25, 0.3) is 0 Å². The standard InChI is InChI=1S/C26H27N5O4/c1-26(2,3)22-17-23(30-35-22)29-24(32)27-18-10-12-20(13-11-18)34-21-9-7-8-19(16-21)28-25(33)31-14-5-4-6-15-31/h4-14,16-17H,15H2,1-3H3,(H,28,33)(H2,27,29,30,32). The first-order valence-electron chi connectivity index (χ1n) is 11.1. The Kier molecular flexibility index (Phi) is 6.86. The van der Waals surface area contributed by atoms with Gasteiger partial charge in [0.25, 0.3) is 0 Å². The number of aromatic nitrogens is 1. The fourth-order valence-corrected chi connectivity index (χ4v) is 3.16. The minimum absolute atomic E-state index is 0.202. The highest BCUT2D eigenvalue weighted by Gasteiger charge is 2.20. The Morgan fingerprint density at radius 2 is 1.74 bits per heavy atom. The van der Waals surface area contributed by atoms with E-state index in [-0.39, 0.29) is 11.4 Å². The molecule has 35 heavy (non-hydrogen) atoms. The maximum atomic E-state index is 12.4. The molecule has 0 radical (unpaired) electrons. The van der Waals surface area contributed by atoms with Crippen LogP contribution >= 0.6 is 0 Å². The summed E-state index contributed by atoms with van der Waals surface area (Å²) >= 11 is 0. The van der Waals surface area contributed by atoms with Crippen LogP contribution in [-0.4, -0.2) is 28.7 Å². The monoisotopic (exact) mass is 473 g/mol. The molecule has 3 N–H and O–H groups in total. The normalized spacial score (nSPS) is 12.8. The predicted molar refractivity (Wildman–Crippen MR) is 135 cm³/mol. The van der Waals surface area contributed by atoms with Gasteiger partial charge in [0.1, 0.15) is 17.3 Å². The minimum Gasteiger partial charge on any atom is -0.457 e. The summed E-state index contributed by atoms with van der Waals surface area (Å²) in [6, 6.07) is 15.1. The third-order valence-electron chi connectivity index (χ3n) is 5.00. The van der Waals surface area contributed by atoms with Crippen molar-refractivity contribution in [2.24, 2.45) is 0 Å². The van der Waals surface area contributed by atoms with E-state index in [0.29, 0.717) is 41.0 Å². The van der Waals surface area contributed by atoms with Gasteiger partial charge in [-0.1, -0.05) is 44.1 Å². The largest absolute Gasteiger partial charge is 0.457 e. The lowest BCUT2D eigenvalue weighted by atomic mass is 9.93. The fraction of sp³-hybridized carbons (Fsp3) is 0.192. The first-order valence-corrected chi connectivity index (χ1v) is 11.1. The molecule has 180 valence electrons. The zero-order valence-electron chi connectivity index (χ0n) is 19.7. The Balaban J connectivity index is 1.31. The molecule has 0 aliphatic carbocycles. The van der Waals surface area contributed by atoms with Crippen molar-refractivity contribution in [3.8, 4) is 11.5 Å². The maximum absolute atomic E-state index is 12.4. The smallest absolute Gasteiger partial charge is 0.326 e. The molecule has 1 aromatic heterocycles. The number of benzene rings is 2. The molecule has 3 aromatic rings. The van der Waals surface area contributed by atoms with Gasteiger partial charge in [0.15, 0.2) is 5.82 Å². The second-order valence-electron chi connectivity index (χ2n) is 8.91. The number of carbonyl (C=O) groups excluding carboxylic acids is 2. The summed E-state index contributed by atoms with van der Waals surface area (Å²) in [6.45, 7) is 6.52. The quantitative estimate of drug-likeness (QED) is 0.401. The van der Waals surface area contributed by atoms with Crippen LogP contribution in [0.4, 0.5) is 26.8 Å². The SMILES string of the molecule is CC(C)(C)c1cc(NC(=O)Nc2ccc(Oc3cccc(NC(=O)N4C=CC=CC4)c3)cc2)no1. The van der Waals surface area contributed by atoms with Crippen molar-refractivity contribution in [3.63, 3.8) is 0 Å². The number of anilines is 3. The number of nitrogens with one attached hydrogen (secondary N) is 3. The molecule has 4 rings (SSSR count). The number of nitrogens with zero attached hydrogens (tertiary/aromatic N) is 2. The van der Waals surface area contributed by atoms with Crippen molar-refractivity contribution in [2.45, 2.75) is 26.2 Å². The number of hydrogen-bond donors (Lipinski definition) is 3. The molecule has 2 aromatic carbocycles. The molecule has 9 heteroatoms. The van der Waals surface area contributed by atoms with Gasteiger partial charge in [-0.3, -0.25) is 10.2 Å². The average molecular weight is 474 g/mol. The van der Waals surface area contributed by atoms with Crippen LogP contribution in [0, 0.1) is 0 Å². The Morgan fingerprint density at radius 1 is 0.943 bits per heavy atom. The van der Waals surface area contributed by atoms with E-state index < -0.39 is 6.03 Å². The van der Waals surface area contributed by atoms with E-state index in [1.54, 1.807) is 65.7 Å². The zero-order valence-corrected chi connectivity index (χ0v) is 19.7. The summed E-state index contributed by atoms with van der Waals surface area (Å²) < 4.78 is 11.2. The van der Waals surface area contributed by atoms with Crippen molar-refractivity contribution in [3.05, 3.63) is 84.8 Å². The molecule has 0 unspecified atom stereocenters. The van der Waals surface area contributed by atoms with Gasteiger partial charge in [-0.05, 0) is 42.5 Å². The van der Waals surface area contributed by atoms with E-state index in [9.17, 15) is 9.59 Å². The van der Waals surface area contributed by atoms with E-state index in [0.717, 1.165) is 0 Å². The molecule has 9 nitrogen and oxygen atoms in total. The molecule has 4 amide bonds. The maximum Gasteiger partial charge on any atom is 0.326 e. The third-order valence-corrected chi connectivity index (χ3v) is 5.00. The van der Waals surface area contributed by atoms with Crippen molar-refractivity contribution in [1.29, 1.82) is 0 Å². The number of rotatable bonds is 5. The molecule has 1 aliphatic heterocycles. The molecule has 0 bridgehead atoms. The summed E-state index contributed by atoms with van der Waals surface area (Å²) in [4.78, 5) is 26.2. The second kappa shape index (κ2) is 10.2. The molecular weight excluding hydrogens is 446 g/mol. The molecule has 1 aliphatic rings. The average Bonchev–Trinajstić information content (AvgIpc) is 3.30. The van der Waals surface area contributed by atoms with Crippen molar-refractivity contribution in [1.82, 2.24) is 10.1 Å². The van der Waals surface area contributed by atoms with Crippen LogP contribution in [0.3, 0.4) is 0 Å². The number of carbonyl (C=O) groups is 2. The number of hydrogen-bond acceptors (Lipinski definition) is 5. The van der Waals surface area contributed by atoms with Crippen LogP contribution in [0.1, 0.15) is 26.5 Å². The van der Waals surface area contributed by atoms with Crippen LogP contribution in [0.5, 0.6) is 11.5 Å². The van der Waals surface area contributed by atoms with Gasteiger partial charge in [-0.25, -0.2) is 9.59 Å². The molecular formula is C26H27N5O4. The molecule has 2 heterocycles. The van der Waals surface area contributed by atoms with Crippen molar-refractivity contribution < 1.29 is 18.8 Å². The molecule has 0 spiro atoms. The highest BCUT2D eigenvalue weighted by Crippen LogP contribution is 2.26. The Hall–Kier alpha value is -4.53. The number of amides is 4. The van der Waals surface area contributed by atoms with Crippen LogP contribution < -0.4 is 20.7 Å². The van der Waals surface area contributed by atoms with Gasteiger partial charge < -0.3 is 19.9 Å². The first kappa shape index (κ1) is 23.6. The van der Waals surface area contributed by atoms with E-state index in [1.807, 2.05) is 39.0 Å². The lowest BCUT2D eigenvalue weighted by Crippen LogP contribution is -2.31. The summed E-state index contributed by atoms with van der Waals surface area (Å²) in [5.41, 5.74) is 0.999. The third kappa shape index (κ3) is 6.50. The van der Waals surface area contributed by atoms with Gasteiger partial charge in [0.2, 0.25) is 0 Å². The summed E-state index contributed by atoms with van der Waals surface area (Å²) in [5.74, 6) is 2.16. The number of ether oxygens (including phenoxy) is 1. The van der Waals surface area contributed by atoms with Crippen LogP contribution in [-0.2, 0) is 5.41 Å². The van der Waals surface area contributed by atoms with Crippen LogP contribution in [0.2, 0.25) is 0 Å². The summed E-state index contributed by atoms with van der Waals surface area (Å²) in [6.07, 6.45) is 7.32. The van der Waals surface area contributed by atoms with E-state index >= 15 is 0 Å². The Labute approximate surface area is 203 Å². The molecule has 0 saturated heterocycles. The highest BCUT2D eigenvalue weighted by molar-refractivity contribution is 5.99. The molecule has 0 fully saturated rings. The first-order chi connectivity index (χ1) is 16.8. The van der Waals surface area contributed by atoms with Gasteiger partial charge in [0, 0.05) is 41.7 Å². The van der Waals surface area contributed by atoms with E-state index in [1.165, 1.54) is 0 Å². The van der Waals surface area contributed by atoms with E-state index in [2.05, 4.69) is 21.1 Å². The van der Waals surface area contributed by atoms with Crippen molar-refractivity contribution in [2.75, 3.05) is 22.5 Å². The van der Waals surface area contributed by atoms with Gasteiger partial charge >= 0.3 is 12.1 Å². The summed E-state index contributed by atoms with van der Waals surface area (Å²) in [7, 11) is 0. The van der Waals surface area contributed by atoms with Gasteiger partial charge in [-0.15, -0.1) is 0 Å².